The Balaban J connectivity index is 2.05. The lowest BCUT2D eigenvalue weighted by Crippen LogP contribution is -2.22. The molecule has 2 aromatic carbocycles. The van der Waals surface area contributed by atoms with E-state index in [2.05, 4.69) is 5.32 Å². The number of carbonyl (C=O) groups excluding carboxylic acids is 1. The zero-order chi connectivity index (χ0) is 15.2. The van der Waals surface area contributed by atoms with E-state index < -0.39 is 0 Å². The molecule has 0 aliphatic heterocycles. The molecule has 0 aliphatic rings. The van der Waals surface area contributed by atoms with Crippen molar-refractivity contribution in [3.8, 4) is 5.75 Å². The summed E-state index contributed by atoms with van der Waals surface area (Å²) in [5.74, 6) is 0.638. The lowest BCUT2D eigenvalue weighted by molar-refractivity contribution is -0.115. The van der Waals surface area contributed by atoms with E-state index in [4.69, 9.17) is 4.74 Å². The smallest absolute Gasteiger partial charge is 0.237 e. The molecule has 110 valence electrons. The van der Waals surface area contributed by atoms with Crippen molar-refractivity contribution in [2.75, 3.05) is 12.4 Å². The number of methoxy groups -OCH3 is 1. The number of benzene rings is 2. The molecule has 2 rings (SSSR count). The van der Waals surface area contributed by atoms with Crippen LogP contribution in [0.5, 0.6) is 5.75 Å². The van der Waals surface area contributed by atoms with Crippen LogP contribution in [0.15, 0.2) is 53.4 Å². The maximum absolute atomic E-state index is 12.3. The molecule has 0 radical (unpaired) electrons. The molecule has 0 saturated heterocycles. The van der Waals surface area contributed by atoms with Crippen molar-refractivity contribution < 1.29 is 9.53 Å². The number of hydrogen-bond donors (Lipinski definition) is 1. The van der Waals surface area contributed by atoms with E-state index in [-0.39, 0.29) is 11.2 Å². The minimum atomic E-state index is -0.183. The summed E-state index contributed by atoms with van der Waals surface area (Å²) in [6, 6.07) is 15.6. The topological polar surface area (TPSA) is 38.3 Å². The molecule has 3 nitrogen and oxygen atoms in total. The van der Waals surface area contributed by atoms with Gasteiger partial charge in [-0.25, -0.2) is 0 Å². The lowest BCUT2D eigenvalue weighted by Gasteiger charge is -2.14. The summed E-state index contributed by atoms with van der Waals surface area (Å²) in [5.41, 5.74) is 1.79. The normalized spacial score (nSPS) is 11.8. The van der Waals surface area contributed by atoms with Gasteiger partial charge in [-0.05, 0) is 43.7 Å². The highest BCUT2D eigenvalue weighted by molar-refractivity contribution is 8.00. The number of nitrogens with one attached hydrogen (secondary N) is 1. The van der Waals surface area contributed by atoms with Crippen molar-refractivity contribution in [3.05, 3.63) is 54.1 Å². The third kappa shape index (κ3) is 4.26. The number of aryl methyl sites for hydroxylation is 1. The van der Waals surface area contributed by atoms with E-state index in [1.54, 1.807) is 7.11 Å². The van der Waals surface area contributed by atoms with E-state index in [0.29, 0.717) is 11.4 Å². The van der Waals surface area contributed by atoms with Crippen molar-refractivity contribution in [1.29, 1.82) is 0 Å². The van der Waals surface area contributed by atoms with Gasteiger partial charge in [-0.1, -0.05) is 24.3 Å². The number of hydrogen-bond acceptors (Lipinski definition) is 3. The van der Waals surface area contributed by atoms with E-state index in [9.17, 15) is 4.79 Å². The van der Waals surface area contributed by atoms with Crippen molar-refractivity contribution in [2.24, 2.45) is 0 Å². The number of ether oxygens (including phenoxy) is 1. The summed E-state index contributed by atoms with van der Waals surface area (Å²) in [5, 5.41) is 2.75. The van der Waals surface area contributed by atoms with Crippen LogP contribution in [0.2, 0.25) is 0 Å². The molecule has 4 heteroatoms. The molecule has 2 aromatic rings. The predicted molar refractivity (Wildman–Crippen MR) is 88.1 cm³/mol. The third-order valence-electron chi connectivity index (χ3n) is 3.04. The molecule has 0 spiro atoms. The van der Waals surface area contributed by atoms with Gasteiger partial charge in [-0.2, -0.15) is 0 Å². The Bertz CT molecular complexity index is 613. The van der Waals surface area contributed by atoms with Crippen LogP contribution in [0.3, 0.4) is 0 Å². The van der Waals surface area contributed by atoms with Gasteiger partial charge in [0.05, 0.1) is 18.0 Å². The van der Waals surface area contributed by atoms with Crippen LogP contribution in [0.1, 0.15) is 12.5 Å². The molecule has 21 heavy (non-hydrogen) atoms. The fraction of sp³-hybridized carbons (Fsp3) is 0.235. The number of thioether (sulfide) groups is 1. The predicted octanol–water partition coefficient (Wildman–Crippen LogP) is 4.12. The van der Waals surface area contributed by atoms with Crippen molar-refractivity contribution in [3.63, 3.8) is 0 Å². The monoisotopic (exact) mass is 301 g/mol. The first-order valence-electron chi connectivity index (χ1n) is 6.77. The van der Waals surface area contributed by atoms with Crippen LogP contribution in [-0.2, 0) is 4.79 Å². The van der Waals surface area contributed by atoms with Gasteiger partial charge in [-0.3, -0.25) is 4.79 Å². The molecule has 1 N–H and O–H groups in total. The quantitative estimate of drug-likeness (QED) is 0.844. The van der Waals surface area contributed by atoms with Crippen molar-refractivity contribution in [1.82, 2.24) is 0 Å². The second-order valence-electron chi connectivity index (χ2n) is 4.77. The van der Waals surface area contributed by atoms with Crippen LogP contribution in [0.25, 0.3) is 0 Å². The van der Waals surface area contributed by atoms with Crippen molar-refractivity contribution >= 4 is 23.4 Å². The number of carbonyl (C=O) groups is 1. The summed E-state index contributed by atoms with van der Waals surface area (Å²) in [4.78, 5) is 13.4. The van der Waals surface area contributed by atoms with Crippen LogP contribution >= 0.6 is 11.8 Å². The standard InChI is InChI=1S/C17H19NO2S/c1-12-9-10-16(20-3)15(11-12)18-17(19)13(2)21-14-7-5-4-6-8-14/h4-11,13H,1-3H3,(H,18,19)/t13-/m1/s1. The van der Waals surface area contributed by atoms with Gasteiger partial charge in [0.1, 0.15) is 5.75 Å². The Hall–Kier alpha value is -1.94. The van der Waals surface area contributed by atoms with Gasteiger partial charge in [-0.15, -0.1) is 11.8 Å². The summed E-state index contributed by atoms with van der Waals surface area (Å²) in [7, 11) is 1.60. The minimum absolute atomic E-state index is 0.0345. The number of rotatable bonds is 5. The Morgan fingerprint density at radius 1 is 1.19 bits per heavy atom. The van der Waals surface area contributed by atoms with Crippen LogP contribution in [-0.4, -0.2) is 18.3 Å². The first-order valence-corrected chi connectivity index (χ1v) is 7.65. The molecule has 0 aliphatic carbocycles. The largest absolute Gasteiger partial charge is 0.495 e. The minimum Gasteiger partial charge on any atom is -0.495 e. The summed E-state index contributed by atoms with van der Waals surface area (Å²) >= 11 is 1.54. The number of anilines is 1. The molecule has 0 bridgehead atoms. The zero-order valence-corrected chi connectivity index (χ0v) is 13.2. The summed E-state index contributed by atoms with van der Waals surface area (Å²) in [6.45, 7) is 3.88. The molecule has 0 unspecified atom stereocenters. The van der Waals surface area contributed by atoms with E-state index >= 15 is 0 Å². The molecular weight excluding hydrogens is 282 g/mol. The second-order valence-corrected chi connectivity index (χ2v) is 6.18. The van der Waals surface area contributed by atoms with E-state index in [1.165, 1.54) is 11.8 Å². The van der Waals surface area contributed by atoms with Crippen LogP contribution < -0.4 is 10.1 Å². The Morgan fingerprint density at radius 3 is 2.57 bits per heavy atom. The average Bonchev–Trinajstić information content (AvgIpc) is 2.48. The SMILES string of the molecule is COc1ccc(C)cc1NC(=O)[C@@H](C)Sc1ccccc1. The highest BCUT2D eigenvalue weighted by Gasteiger charge is 2.16. The van der Waals surface area contributed by atoms with E-state index in [1.807, 2.05) is 62.4 Å². The highest BCUT2D eigenvalue weighted by atomic mass is 32.2. The highest BCUT2D eigenvalue weighted by Crippen LogP contribution is 2.28. The Morgan fingerprint density at radius 2 is 1.90 bits per heavy atom. The van der Waals surface area contributed by atoms with Gasteiger partial charge >= 0.3 is 0 Å². The third-order valence-corrected chi connectivity index (χ3v) is 4.15. The molecular formula is C17H19NO2S. The van der Waals surface area contributed by atoms with Gasteiger partial charge in [0, 0.05) is 4.90 Å². The van der Waals surface area contributed by atoms with Crippen LogP contribution in [0, 0.1) is 6.92 Å². The Kier molecular flexibility index (Phi) is 5.28. The molecule has 1 atom stereocenters. The van der Waals surface area contributed by atoms with Gasteiger partial charge in [0.2, 0.25) is 5.91 Å². The average molecular weight is 301 g/mol. The van der Waals surface area contributed by atoms with E-state index in [0.717, 1.165) is 10.5 Å². The van der Waals surface area contributed by atoms with Gasteiger partial charge in [0.25, 0.3) is 0 Å². The maximum Gasteiger partial charge on any atom is 0.237 e. The fourth-order valence-electron chi connectivity index (χ4n) is 1.91. The zero-order valence-electron chi connectivity index (χ0n) is 12.4. The summed E-state index contributed by atoms with van der Waals surface area (Å²) in [6.07, 6.45) is 0. The van der Waals surface area contributed by atoms with Crippen LogP contribution in [0.4, 0.5) is 5.69 Å². The first-order chi connectivity index (χ1) is 10.1. The Labute approximate surface area is 129 Å². The molecule has 0 heterocycles. The van der Waals surface area contributed by atoms with Gasteiger partial charge in [0.15, 0.2) is 0 Å². The molecule has 0 aromatic heterocycles. The fourth-order valence-corrected chi connectivity index (χ4v) is 2.80. The molecule has 0 saturated carbocycles. The second kappa shape index (κ2) is 7.18. The van der Waals surface area contributed by atoms with Gasteiger partial charge < -0.3 is 10.1 Å². The number of amides is 1. The maximum atomic E-state index is 12.3. The lowest BCUT2D eigenvalue weighted by atomic mass is 10.2. The molecule has 1 amide bonds. The molecule has 0 fully saturated rings. The first kappa shape index (κ1) is 15.4. The van der Waals surface area contributed by atoms with Crippen molar-refractivity contribution in [2.45, 2.75) is 24.0 Å². The summed E-state index contributed by atoms with van der Waals surface area (Å²) < 4.78 is 5.28.